The van der Waals surface area contributed by atoms with Crippen LogP contribution < -0.4 is 5.73 Å². The molecule has 0 unspecified atom stereocenters. The number of hydrogen-bond acceptors (Lipinski definition) is 2. The molecule has 2 nitrogen and oxygen atoms in total. The lowest BCUT2D eigenvalue weighted by molar-refractivity contribution is 0.559. The van der Waals surface area contributed by atoms with Gasteiger partial charge in [0.05, 0.1) is 0 Å². The highest BCUT2D eigenvalue weighted by Gasteiger charge is 2.17. The molecule has 1 aromatic rings. The van der Waals surface area contributed by atoms with Crippen LogP contribution in [0.1, 0.15) is 42.6 Å². The van der Waals surface area contributed by atoms with Gasteiger partial charge in [-0.1, -0.05) is 13.0 Å². The third-order valence-electron chi connectivity index (χ3n) is 2.80. The quantitative estimate of drug-likeness (QED) is 0.710. The largest absolute Gasteiger partial charge is 0.324 e. The van der Waals surface area contributed by atoms with Crippen LogP contribution in [0.15, 0.2) is 12.3 Å². The van der Waals surface area contributed by atoms with E-state index >= 15 is 0 Å². The third kappa shape index (κ3) is 1.59. The summed E-state index contributed by atoms with van der Waals surface area (Å²) in [5, 5.41) is 0. The van der Waals surface area contributed by atoms with Gasteiger partial charge in [0.2, 0.25) is 0 Å². The first kappa shape index (κ1) is 8.70. The van der Waals surface area contributed by atoms with Gasteiger partial charge in [0.15, 0.2) is 0 Å². The van der Waals surface area contributed by atoms with Gasteiger partial charge < -0.3 is 5.73 Å². The van der Waals surface area contributed by atoms with Gasteiger partial charge in [0.1, 0.15) is 0 Å². The molecule has 2 N–H and O–H groups in total. The summed E-state index contributed by atoms with van der Waals surface area (Å²) in [6.07, 6.45) is 6.44. The summed E-state index contributed by atoms with van der Waals surface area (Å²) in [4.78, 5) is 4.46. The number of rotatable bonds is 1. The van der Waals surface area contributed by atoms with E-state index in [0.717, 1.165) is 19.3 Å². The fourth-order valence-electron chi connectivity index (χ4n) is 1.92. The van der Waals surface area contributed by atoms with Gasteiger partial charge in [0, 0.05) is 17.9 Å². The van der Waals surface area contributed by atoms with E-state index in [1.54, 1.807) is 0 Å². The Kier molecular flexibility index (Phi) is 2.32. The molecule has 13 heavy (non-hydrogen) atoms. The summed E-state index contributed by atoms with van der Waals surface area (Å²) in [5.74, 6) is 0. The first-order chi connectivity index (χ1) is 6.31. The summed E-state index contributed by atoms with van der Waals surface area (Å²) < 4.78 is 0. The summed E-state index contributed by atoms with van der Waals surface area (Å²) in [5.41, 5.74) is 9.83. The molecule has 0 spiro atoms. The molecule has 1 aliphatic carbocycles. The average Bonchev–Trinajstić information content (AvgIpc) is 2.18. The van der Waals surface area contributed by atoms with Gasteiger partial charge in [0.25, 0.3) is 0 Å². The first-order valence-corrected chi connectivity index (χ1v) is 5.04. The Labute approximate surface area is 79.2 Å². The van der Waals surface area contributed by atoms with Crippen molar-refractivity contribution >= 4 is 0 Å². The molecular formula is C11H16N2. The van der Waals surface area contributed by atoms with Crippen molar-refractivity contribution in [3.63, 3.8) is 0 Å². The van der Waals surface area contributed by atoms with Crippen LogP contribution in [0.4, 0.5) is 0 Å². The first-order valence-electron chi connectivity index (χ1n) is 5.04. The maximum Gasteiger partial charge on any atom is 0.0451 e. The number of hydrogen-bond donors (Lipinski definition) is 1. The summed E-state index contributed by atoms with van der Waals surface area (Å²) in [6.45, 7) is 2.15. The van der Waals surface area contributed by atoms with Crippen LogP contribution >= 0.6 is 0 Å². The number of aryl methyl sites for hydroxylation is 2. The zero-order chi connectivity index (χ0) is 9.26. The van der Waals surface area contributed by atoms with Gasteiger partial charge in [-0.3, -0.25) is 4.98 Å². The average molecular weight is 176 g/mol. The van der Waals surface area contributed by atoms with Crippen molar-refractivity contribution in [2.24, 2.45) is 5.73 Å². The molecule has 0 aromatic carbocycles. The van der Waals surface area contributed by atoms with E-state index in [4.69, 9.17) is 5.73 Å². The standard InChI is InChI=1S/C11H16N2/c1-2-8-6-9-10(12)4-3-5-11(9)13-7-8/h6-7,10H,2-5,12H2,1H3/t10-/m1/s1. The Bertz CT molecular complexity index is 307. The Morgan fingerprint density at radius 2 is 2.46 bits per heavy atom. The molecule has 0 saturated carbocycles. The molecule has 2 heteroatoms. The fourth-order valence-corrected chi connectivity index (χ4v) is 1.92. The van der Waals surface area contributed by atoms with E-state index in [1.165, 1.54) is 23.2 Å². The normalized spacial score (nSPS) is 21.2. The predicted molar refractivity (Wildman–Crippen MR) is 53.5 cm³/mol. The lowest BCUT2D eigenvalue weighted by Crippen LogP contribution is -2.18. The smallest absolute Gasteiger partial charge is 0.0451 e. The molecule has 1 aromatic heterocycles. The fraction of sp³-hybridized carbons (Fsp3) is 0.545. The highest BCUT2D eigenvalue weighted by atomic mass is 14.7. The molecule has 1 heterocycles. The minimum atomic E-state index is 0.225. The Morgan fingerprint density at radius 1 is 1.62 bits per heavy atom. The predicted octanol–water partition coefficient (Wildman–Crippen LogP) is 1.98. The maximum absolute atomic E-state index is 6.03. The molecule has 0 bridgehead atoms. The van der Waals surface area contributed by atoms with Crippen LogP contribution in [-0.4, -0.2) is 4.98 Å². The van der Waals surface area contributed by atoms with Crippen molar-refractivity contribution in [1.82, 2.24) is 4.98 Å². The van der Waals surface area contributed by atoms with Crippen LogP contribution in [0.3, 0.4) is 0 Å². The zero-order valence-electron chi connectivity index (χ0n) is 8.09. The second-order valence-electron chi connectivity index (χ2n) is 3.73. The number of nitrogens with zero attached hydrogens (tertiary/aromatic N) is 1. The molecule has 0 amide bonds. The summed E-state index contributed by atoms with van der Waals surface area (Å²) in [6, 6.07) is 2.45. The zero-order valence-corrected chi connectivity index (χ0v) is 8.09. The topological polar surface area (TPSA) is 38.9 Å². The Morgan fingerprint density at radius 3 is 3.23 bits per heavy atom. The van der Waals surface area contributed by atoms with Gasteiger partial charge in [-0.05, 0) is 36.8 Å². The van der Waals surface area contributed by atoms with Crippen molar-refractivity contribution in [1.29, 1.82) is 0 Å². The van der Waals surface area contributed by atoms with E-state index in [1.807, 2.05) is 6.20 Å². The maximum atomic E-state index is 6.03. The minimum Gasteiger partial charge on any atom is -0.324 e. The van der Waals surface area contributed by atoms with Crippen molar-refractivity contribution < 1.29 is 0 Å². The lowest BCUT2D eigenvalue weighted by Gasteiger charge is -2.21. The molecule has 2 rings (SSSR count). The number of nitrogens with two attached hydrogens (primary N) is 1. The van der Waals surface area contributed by atoms with E-state index in [2.05, 4.69) is 18.0 Å². The molecular weight excluding hydrogens is 160 g/mol. The van der Waals surface area contributed by atoms with Crippen LogP contribution in [0.5, 0.6) is 0 Å². The van der Waals surface area contributed by atoms with Crippen molar-refractivity contribution in [3.8, 4) is 0 Å². The Balaban J connectivity index is 2.41. The van der Waals surface area contributed by atoms with E-state index < -0.39 is 0 Å². The molecule has 0 fully saturated rings. The molecule has 0 radical (unpaired) electrons. The van der Waals surface area contributed by atoms with E-state index in [9.17, 15) is 0 Å². The summed E-state index contributed by atoms with van der Waals surface area (Å²) >= 11 is 0. The van der Waals surface area contributed by atoms with Gasteiger partial charge >= 0.3 is 0 Å². The van der Waals surface area contributed by atoms with Crippen molar-refractivity contribution in [2.45, 2.75) is 38.6 Å². The molecule has 1 aliphatic rings. The number of fused-ring (bicyclic) bond motifs is 1. The van der Waals surface area contributed by atoms with Gasteiger partial charge in [-0.15, -0.1) is 0 Å². The van der Waals surface area contributed by atoms with E-state index in [-0.39, 0.29) is 6.04 Å². The van der Waals surface area contributed by atoms with Crippen LogP contribution in [0, 0.1) is 0 Å². The van der Waals surface area contributed by atoms with Crippen LogP contribution in [0.2, 0.25) is 0 Å². The number of pyridine rings is 1. The lowest BCUT2D eigenvalue weighted by atomic mass is 9.91. The van der Waals surface area contributed by atoms with Gasteiger partial charge in [-0.2, -0.15) is 0 Å². The summed E-state index contributed by atoms with van der Waals surface area (Å²) in [7, 11) is 0. The second kappa shape index (κ2) is 3.46. The van der Waals surface area contributed by atoms with Gasteiger partial charge in [-0.25, -0.2) is 0 Å². The minimum absolute atomic E-state index is 0.225. The third-order valence-corrected chi connectivity index (χ3v) is 2.80. The SMILES string of the molecule is CCc1cnc2c(c1)[C@H](N)CCC2. The molecule has 1 atom stereocenters. The van der Waals surface area contributed by atoms with E-state index in [0.29, 0.717) is 0 Å². The monoisotopic (exact) mass is 176 g/mol. The number of aromatic nitrogens is 1. The van der Waals surface area contributed by atoms with Crippen LogP contribution in [0.25, 0.3) is 0 Å². The Hall–Kier alpha value is -0.890. The molecule has 0 saturated heterocycles. The highest BCUT2D eigenvalue weighted by molar-refractivity contribution is 5.30. The van der Waals surface area contributed by atoms with Crippen LogP contribution in [-0.2, 0) is 12.8 Å². The second-order valence-corrected chi connectivity index (χ2v) is 3.73. The molecule has 0 aliphatic heterocycles. The molecule has 70 valence electrons. The highest BCUT2D eigenvalue weighted by Crippen LogP contribution is 2.26. The van der Waals surface area contributed by atoms with Crippen molar-refractivity contribution in [2.75, 3.05) is 0 Å². The van der Waals surface area contributed by atoms with Crippen molar-refractivity contribution in [3.05, 3.63) is 29.1 Å².